The lowest BCUT2D eigenvalue weighted by Crippen LogP contribution is -2.61. The largest absolute Gasteiger partial charge is 0.359 e. The molecule has 1 saturated heterocycles. The second kappa shape index (κ2) is 10.6. The fourth-order valence-corrected chi connectivity index (χ4v) is 4.78. The topological polar surface area (TPSA) is 64.7 Å². The first kappa shape index (κ1) is 23.0. The van der Waals surface area contributed by atoms with Crippen molar-refractivity contribution in [3.05, 3.63) is 34.9 Å². The van der Waals surface area contributed by atoms with E-state index in [1.165, 1.54) is 0 Å². The molecule has 0 bridgehead atoms. The van der Waals surface area contributed by atoms with Gasteiger partial charge >= 0.3 is 0 Å². The molecule has 2 fully saturated rings. The van der Waals surface area contributed by atoms with Gasteiger partial charge in [0.2, 0.25) is 11.8 Å². The van der Waals surface area contributed by atoms with Crippen molar-refractivity contribution in [3.8, 4) is 0 Å². The third kappa shape index (κ3) is 5.50. The van der Waals surface area contributed by atoms with Crippen LogP contribution in [-0.2, 0) is 16.1 Å². The second-order valence-corrected chi connectivity index (χ2v) is 8.86. The third-order valence-electron chi connectivity index (χ3n) is 6.23. The van der Waals surface area contributed by atoms with E-state index in [0.717, 1.165) is 31.6 Å². The molecule has 1 aromatic rings. The van der Waals surface area contributed by atoms with Crippen molar-refractivity contribution in [2.24, 2.45) is 11.8 Å². The Kier molecular flexibility index (Phi) is 8.08. The predicted molar refractivity (Wildman–Crippen MR) is 123 cm³/mol. The Labute approximate surface area is 189 Å². The number of thiocarbonyl (C=S) groups is 1. The Morgan fingerprint density at radius 3 is 2.63 bits per heavy atom. The molecule has 2 aliphatic rings. The highest BCUT2D eigenvalue weighted by molar-refractivity contribution is 7.80. The predicted octanol–water partition coefficient (Wildman–Crippen LogP) is 2.80. The molecule has 3 atom stereocenters. The Bertz CT molecular complexity index is 769. The zero-order chi connectivity index (χ0) is 21.7. The number of benzene rings is 1. The highest BCUT2D eigenvalue weighted by atomic mass is 35.5. The number of hydrogen-bond donors (Lipinski definition) is 2. The quantitative estimate of drug-likeness (QED) is 0.596. The molecular formula is C22H31ClN4O2S. The summed E-state index contributed by atoms with van der Waals surface area (Å²) in [5, 5.41) is 7.51. The molecule has 1 saturated carbocycles. The smallest absolute Gasteiger partial charge is 0.234 e. The standard InChI is InChI=1S/C22H31ClN4O2S/c1-3-26(4-2)12-11-24-20(28)16-7-10-18-19(13-16)25-22(30)27(21(18)29)14-15-5-8-17(23)9-6-15/h5-6,8-9,16,18-19H,3-4,7,10-14H2,1-2H3,(H,24,28)(H,25,30). The number of hydrogen-bond acceptors (Lipinski definition) is 4. The maximum atomic E-state index is 13.1. The fourth-order valence-electron chi connectivity index (χ4n) is 4.34. The maximum Gasteiger partial charge on any atom is 0.234 e. The van der Waals surface area contributed by atoms with E-state index in [-0.39, 0.29) is 29.7 Å². The van der Waals surface area contributed by atoms with Crippen molar-refractivity contribution < 1.29 is 9.59 Å². The summed E-state index contributed by atoms with van der Waals surface area (Å²) in [5.41, 5.74) is 0.983. The number of fused-ring (bicyclic) bond motifs is 1. The van der Waals surface area contributed by atoms with Crippen molar-refractivity contribution in [2.75, 3.05) is 26.2 Å². The molecule has 3 unspecified atom stereocenters. The van der Waals surface area contributed by atoms with Gasteiger partial charge in [0.1, 0.15) is 0 Å². The number of rotatable bonds is 8. The lowest BCUT2D eigenvalue weighted by molar-refractivity contribution is -0.138. The molecule has 0 spiro atoms. The molecule has 2 N–H and O–H groups in total. The number of carbonyl (C=O) groups excluding carboxylic acids is 2. The summed E-state index contributed by atoms with van der Waals surface area (Å²) in [6.07, 6.45) is 2.07. The summed E-state index contributed by atoms with van der Waals surface area (Å²) in [7, 11) is 0. The van der Waals surface area contributed by atoms with Gasteiger partial charge in [0.15, 0.2) is 5.11 Å². The third-order valence-corrected chi connectivity index (χ3v) is 6.82. The van der Waals surface area contributed by atoms with E-state index in [2.05, 4.69) is 29.4 Å². The minimum atomic E-state index is -0.135. The van der Waals surface area contributed by atoms with Gasteiger partial charge in [-0.25, -0.2) is 0 Å². The summed E-state index contributed by atoms with van der Waals surface area (Å²) in [5.74, 6) is -0.0685. The van der Waals surface area contributed by atoms with Crippen LogP contribution in [-0.4, -0.2) is 58.9 Å². The number of halogens is 1. The molecule has 1 heterocycles. The van der Waals surface area contributed by atoms with E-state index >= 15 is 0 Å². The van der Waals surface area contributed by atoms with Crippen LogP contribution in [0.3, 0.4) is 0 Å². The van der Waals surface area contributed by atoms with Gasteiger partial charge in [0.25, 0.3) is 0 Å². The number of likely N-dealkylation sites (N-methyl/N-ethyl adjacent to an activating group) is 1. The van der Waals surface area contributed by atoms with Crippen LogP contribution in [0, 0.1) is 11.8 Å². The van der Waals surface area contributed by atoms with Crippen molar-refractivity contribution in [3.63, 3.8) is 0 Å². The monoisotopic (exact) mass is 450 g/mol. The molecule has 1 aliphatic carbocycles. The zero-order valence-corrected chi connectivity index (χ0v) is 19.3. The summed E-state index contributed by atoms with van der Waals surface area (Å²) in [6, 6.07) is 7.37. The van der Waals surface area contributed by atoms with Gasteiger partial charge in [0, 0.05) is 30.1 Å². The average Bonchev–Trinajstić information content (AvgIpc) is 2.75. The Balaban J connectivity index is 1.54. The fraction of sp³-hybridized carbons (Fsp3) is 0.591. The summed E-state index contributed by atoms with van der Waals surface area (Å²) < 4.78 is 0. The van der Waals surface area contributed by atoms with E-state index in [1.807, 2.05) is 24.3 Å². The number of nitrogens with zero attached hydrogens (tertiary/aromatic N) is 2. The molecular weight excluding hydrogens is 420 g/mol. The van der Waals surface area contributed by atoms with Crippen LogP contribution in [0.25, 0.3) is 0 Å². The summed E-state index contributed by atoms with van der Waals surface area (Å²) in [6.45, 7) is 8.16. The SMILES string of the molecule is CCN(CC)CCNC(=O)C1CCC2C(=O)N(Cc3ccc(Cl)cc3)C(=S)NC2C1. The van der Waals surface area contributed by atoms with E-state index in [9.17, 15) is 9.59 Å². The molecule has 1 aromatic carbocycles. The van der Waals surface area contributed by atoms with Gasteiger partial charge in [-0.15, -0.1) is 0 Å². The van der Waals surface area contributed by atoms with Gasteiger partial charge in [-0.1, -0.05) is 37.6 Å². The lowest BCUT2D eigenvalue weighted by Gasteiger charge is -2.43. The molecule has 30 heavy (non-hydrogen) atoms. The molecule has 0 radical (unpaired) electrons. The van der Waals surface area contributed by atoms with Gasteiger partial charge in [0.05, 0.1) is 12.5 Å². The average molecular weight is 451 g/mol. The minimum absolute atomic E-state index is 0.0547. The van der Waals surface area contributed by atoms with Crippen molar-refractivity contribution >= 4 is 40.7 Å². The molecule has 1 aliphatic heterocycles. The van der Waals surface area contributed by atoms with Crippen molar-refractivity contribution in [1.29, 1.82) is 0 Å². The van der Waals surface area contributed by atoms with Crippen LogP contribution in [0.5, 0.6) is 0 Å². The molecule has 2 amide bonds. The number of carbonyl (C=O) groups is 2. The molecule has 3 rings (SSSR count). The molecule has 6 nitrogen and oxygen atoms in total. The van der Waals surface area contributed by atoms with Gasteiger partial charge in [-0.05, 0) is 62.3 Å². The second-order valence-electron chi connectivity index (χ2n) is 8.04. The van der Waals surface area contributed by atoms with E-state index in [0.29, 0.717) is 36.1 Å². The van der Waals surface area contributed by atoms with E-state index in [4.69, 9.17) is 23.8 Å². The van der Waals surface area contributed by atoms with Crippen LogP contribution in [0.1, 0.15) is 38.7 Å². The highest BCUT2D eigenvalue weighted by Gasteiger charge is 2.44. The first-order valence-electron chi connectivity index (χ1n) is 10.8. The normalized spacial score (nSPS) is 23.9. The first-order valence-corrected chi connectivity index (χ1v) is 11.6. The lowest BCUT2D eigenvalue weighted by atomic mass is 9.76. The number of amides is 2. The maximum absolute atomic E-state index is 13.1. The molecule has 164 valence electrons. The molecule has 0 aromatic heterocycles. The minimum Gasteiger partial charge on any atom is -0.359 e. The van der Waals surface area contributed by atoms with Gasteiger partial charge in [-0.2, -0.15) is 0 Å². The first-order chi connectivity index (χ1) is 14.4. The van der Waals surface area contributed by atoms with Crippen LogP contribution in [0.2, 0.25) is 5.02 Å². The van der Waals surface area contributed by atoms with Crippen LogP contribution in [0.15, 0.2) is 24.3 Å². The van der Waals surface area contributed by atoms with Crippen LogP contribution < -0.4 is 10.6 Å². The molecule has 8 heteroatoms. The Hall–Kier alpha value is -1.70. The van der Waals surface area contributed by atoms with Gasteiger partial charge in [-0.3, -0.25) is 14.5 Å². The summed E-state index contributed by atoms with van der Waals surface area (Å²) >= 11 is 11.4. The van der Waals surface area contributed by atoms with E-state index < -0.39 is 0 Å². The van der Waals surface area contributed by atoms with E-state index in [1.54, 1.807) is 4.90 Å². The van der Waals surface area contributed by atoms with Crippen molar-refractivity contribution in [1.82, 2.24) is 20.4 Å². The Morgan fingerprint density at radius 2 is 1.97 bits per heavy atom. The van der Waals surface area contributed by atoms with Crippen LogP contribution in [0.4, 0.5) is 0 Å². The zero-order valence-electron chi connectivity index (χ0n) is 17.7. The summed E-state index contributed by atoms with van der Waals surface area (Å²) in [4.78, 5) is 29.7. The Morgan fingerprint density at radius 1 is 1.27 bits per heavy atom. The van der Waals surface area contributed by atoms with Crippen LogP contribution >= 0.6 is 23.8 Å². The van der Waals surface area contributed by atoms with Gasteiger partial charge < -0.3 is 15.5 Å². The van der Waals surface area contributed by atoms with Crippen molar-refractivity contribution in [2.45, 2.75) is 45.7 Å². The number of nitrogens with one attached hydrogen (secondary N) is 2. The highest BCUT2D eigenvalue weighted by Crippen LogP contribution is 2.33.